The van der Waals surface area contributed by atoms with Crippen molar-refractivity contribution < 1.29 is 9.21 Å². The van der Waals surface area contributed by atoms with Gasteiger partial charge in [0.15, 0.2) is 11.5 Å². The normalized spacial score (nSPS) is 11.0. The number of aromatic nitrogens is 3. The molecular formula is C19H15ClN4O2. The van der Waals surface area contributed by atoms with Gasteiger partial charge in [-0.3, -0.25) is 4.79 Å². The van der Waals surface area contributed by atoms with Gasteiger partial charge in [-0.1, -0.05) is 17.7 Å². The highest BCUT2D eigenvalue weighted by Gasteiger charge is 2.16. The summed E-state index contributed by atoms with van der Waals surface area (Å²) in [6.07, 6.45) is 1.54. The van der Waals surface area contributed by atoms with Gasteiger partial charge in [0.2, 0.25) is 0 Å². The molecule has 0 aliphatic rings. The van der Waals surface area contributed by atoms with Crippen LogP contribution in [-0.4, -0.2) is 20.7 Å². The molecule has 0 saturated heterocycles. The number of benzene rings is 2. The SMILES string of the molecule is Cc1nc2ccc(NC(=O)c3cnn(-c4cccc(Cl)c4)c3C)cc2o1. The number of hydrogen-bond donors (Lipinski definition) is 1. The predicted octanol–water partition coefficient (Wildman–Crippen LogP) is 4.54. The van der Waals surface area contributed by atoms with Crippen LogP contribution in [0.3, 0.4) is 0 Å². The Morgan fingerprint density at radius 1 is 1.19 bits per heavy atom. The van der Waals surface area contributed by atoms with E-state index in [1.54, 1.807) is 42.1 Å². The van der Waals surface area contributed by atoms with Gasteiger partial charge in [-0.25, -0.2) is 9.67 Å². The average Bonchev–Trinajstić information content (AvgIpc) is 3.16. The zero-order valence-corrected chi connectivity index (χ0v) is 14.9. The maximum Gasteiger partial charge on any atom is 0.259 e. The fourth-order valence-electron chi connectivity index (χ4n) is 2.82. The van der Waals surface area contributed by atoms with E-state index in [9.17, 15) is 4.79 Å². The van der Waals surface area contributed by atoms with Gasteiger partial charge in [0.1, 0.15) is 5.52 Å². The molecule has 0 unspecified atom stereocenters. The van der Waals surface area contributed by atoms with E-state index >= 15 is 0 Å². The van der Waals surface area contributed by atoms with Gasteiger partial charge in [-0.05, 0) is 37.3 Å². The third kappa shape index (κ3) is 2.95. The number of halogens is 1. The zero-order valence-electron chi connectivity index (χ0n) is 14.2. The predicted molar refractivity (Wildman–Crippen MR) is 100 cm³/mol. The highest BCUT2D eigenvalue weighted by atomic mass is 35.5. The van der Waals surface area contributed by atoms with Crippen LogP contribution in [0.25, 0.3) is 16.8 Å². The molecular weight excluding hydrogens is 352 g/mol. The number of aryl methyl sites for hydroxylation is 1. The van der Waals surface area contributed by atoms with Crippen molar-refractivity contribution in [3.63, 3.8) is 0 Å². The van der Waals surface area contributed by atoms with Crippen LogP contribution in [0.5, 0.6) is 0 Å². The molecule has 0 saturated carbocycles. The molecule has 0 radical (unpaired) electrons. The first-order chi connectivity index (χ1) is 12.5. The second kappa shape index (κ2) is 6.31. The lowest BCUT2D eigenvalue weighted by Crippen LogP contribution is -2.13. The van der Waals surface area contributed by atoms with Crippen molar-refractivity contribution in [3.8, 4) is 5.69 Å². The van der Waals surface area contributed by atoms with Gasteiger partial charge in [0, 0.05) is 23.7 Å². The van der Waals surface area contributed by atoms with Crippen LogP contribution in [0.15, 0.2) is 53.1 Å². The number of nitrogens with one attached hydrogen (secondary N) is 1. The molecule has 0 fully saturated rings. The van der Waals surface area contributed by atoms with Crippen molar-refractivity contribution in [1.29, 1.82) is 0 Å². The Bertz CT molecular complexity index is 1130. The maximum atomic E-state index is 12.7. The van der Waals surface area contributed by atoms with Crippen LogP contribution in [-0.2, 0) is 0 Å². The summed E-state index contributed by atoms with van der Waals surface area (Å²) >= 11 is 6.04. The standard InChI is InChI=1S/C19H15ClN4O2/c1-11-16(10-21-24(11)15-5-3-4-13(20)8-15)19(25)23-14-6-7-17-18(9-14)26-12(2)22-17/h3-10H,1-2H3,(H,23,25). The third-order valence-corrected chi connectivity index (χ3v) is 4.30. The Hall–Kier alpha value is -3.12. The molecule has 2 aromatic carbocycles. The first-order valence-electron chi connectivity index (χ1n) is 8.00. The van der Waals surface area contributed by atoms with Crippen molar-refractivity contribution >= 4 is 34.3 Å². The van der Waals surface area contributed by atoms with Crippen molar-refractivity contribution in [2.45, 2.75) is 13.8 Å². The summed E-state index contributed by atoms with van der Waals surface area (Å²) < 4.78 is 7.19. The van der Waals surface area contributed by atoms with Crippen LogP contribution < -0.4 is 5.32 Å². The number of amides is 1. The molecule has 0 spiro atoms. The number of anilines is 1. The fraction of sp³-hybridized carbons (Fsp3) is 0.105. The molecule has 2 heterocycles. The van der Waals surface area contributed by atoms with E-state index in [0.717, 1.165) is 16.9 Å². The Balaban J connectivity index is 1.61. The van der Waals surface area contributed by atoms with Gasteiger partial charge < -0.3 is 9.73 Å². The monoisotopic (exact) mass is 366 g/mol. The molecule has 6 nitrogen and oxygen atoms in total. The molecule has 7 heteroatoms. The molecule has 2 aromatic heterocycles. The number of carbonyl (C=O) groups excluding carboxylic acids is 1. The first kappa shape index (κ1) is 16.4. The molecule has 130 valence electrons. The summed E-state index contributed by atoms with van der Waals surface area (Å²) in [6.45, 7) is 3.62. The topological polar surface area (TPSA) is 73.0 Å². The van der Waals surface area contributed by atoms with E-state index in [2.05, 4.69) is 15.4 Å². The summed E-state index contributed by atoms with van der Waals surface area (Å²) in [5.74, 6) is 0.341. The second-order valence-corrected chi connectivity index (χ2v) is 6.34. The van der Waals surface area contributed by atoms with E-state index < -0.39 is 0 Å². The van der Waals surface area contributed by atoms with Gasteiger partial charge >= 0.3 is 0 Å². The Morgan fingerprint density at radius 2 is 2.04 bits per heavy atom. The van der Waals surface area contributed by atoms with Crippen LogP contribution in [0.1, 0.15) is 21.9 Å². The minimum atomic E-state index is -0.244. The van der Waals surface area contributed by atoms with Crippen LogP contribution in [0.2, 0.25) is 5.02 Å². The molecule has 26 heavy (non-hydrogen) atoms. The molecule has 4 rings (SSSR count). The van der Waals surface area contributed by atoms with E-state index in [-0.39, 0.29) is 5.91 Å². The minimum Gasteiger partial charge on any atom is -0.441 e. The molecule has 1 N–H and O–H groups in total. The van der Waals surface area contributed by atoms with E-state index in [1.165, 1.54) is 0 Å². The van der Waals surface area contributed by atoms with Crippen molar-refractivity contribution in [2.75, 3.05) is 5.32 Å². The van der Waals surface area contributed by atoms with E-state index in [1.807, 2.05) is 25.1 Å². The fourth-order valence-corrected chi connectivity index (χ4v) is 3.00. The zero-order chi connectivity index (χ0) is 18.3. The molecule has 4 aromatic rings. The number of rotatable bonds is 3. The van der Waals surface area contributed by atoms with Crippen LogP contribution in [0, 0.1) is 13.8 Å². The molecule has 0 aliphatic heterocycles. The highest BCUT2D eigenvalue weighted by Crippen LogP contribution is 2.22. The lowest BCUT2D eigenvalue weighted by atomic mass is 10.2. The van der Waals surface area contributed by atoms with Crippen molar-refractivity contribution in [2.24, 2.45) is 0 Å². The Kier molecular flexibility index (Phi) is 3.97. The first-order valence-corrected chi connectivity index (χ1v) is 8.38. The molecule has 0 bridgehead atoms. The molecule has 1 amide bonds. The summed E-state index contributed by atoms with van der Waals surface area (Å²) in [5, 5.41) is 7.79. The number of carbonyl (C=O) groups is 1. The number of nitrogens with zero attached hydrogens (tertiary/aromatic N) is 3. The molecule has 0 atom stereocenters. The van der Waals surface area contributed by atoms with Gasteiger partial charge in [0.05, 0.1) is 23.1 Å². The second-order valence-electron chi connectivity index (χ2n) is 5.90. The summed E-state index contributed by atoms with van der Waals surface area (Å²) in [6, 6.07) is 12.7. The highest BCUT2D eigenvalue weighted by molar-refractivity contribution is 6.30. The average molecular weight is 367 g/mol. The quantitative estimate of drug-likeness (QED) is 0.578. The van der Waals surface area contributed by atoms with Gasteiger partial charge in [-0.2, -0.15) is 5.10 Å². The van der Waals surface area contributed by atoms with Gasteiger partial charge in [0.25, 0.3) is 5.91 Å². The lowest BCUT2D eigenvalue weighted by Gasteiger charge is -2.07. The number of fused-ring (bicyclic) bond motifs is 1. The van der Waals surface area contributed by atoms with Crippen molar-refractivity contribution in [3.05, 3.63) is 70.8 Å². The maximum absolute atomic E-state index is 12.7. The van der Waals surface area contributed by atoms with Crippen LogP contribution in [0.4, 0.5) is 5.69 Å². The summed E-state index contributed by atoms with van der Waals surface area (Å²) in [5.41, 5.74) is 4.03. The molecule has 0 aliphatic carbocycles. The number of hydrogen-bond acceptors (Lipinski definition) is 4. The Labute approximate surface area is 154 Å². The van der Waals surface area contributed by atoms with Crippen LogP contribution >= 0.6 is 11.6 Å². The van der Waals surface area contributed by atoms with E-state index in [4.69, 9.17) is 16.0 Å². The van der Waals surface area contributed by atoms with E-state index in [0.29, 0.717) is 27.7 Å². The third-order valence-electron chi connectivity index (χ3n) is 4.06. The number of oxazole rings is 1. The Morgan fingerprint density at radius 3 is 2.85 bits per heavy atom. The largest absolute Gasteiger partial charge is 0.441 e. The smallest absolute Gasteiger partial charge is 0.259 e. The minimum absolute atomic E-state index is 0.244. The van der Waals surface area contributed by atoms with Crippen molar-refractivity contribution in [1.82, 2.24) is 14.8 Å². The lowest BCUT2D eigenvalue weighted by molar-refractivity contribution is 0.102. The summed E-state index contributed by atoms with van der Waals surface area (Å²) in [4.78, 5) is 16.9. The summed E-state index contributed by atoms with van der Waals surface area (Å²) in [7, 11) is 0. The van der Waals surface area contributed by atoms with Gasteiger partial charge in [-0.15, -0.1) is 0 Å².